The van der Waals surface area contributed by atoms with Crippen molar-refractivity contribution < 1.29 is 26.3 Å². The summed E-state index contributed by atoms with van der Waals surface area (Å²) >= 11 is 0. The summed E-state index contributed by atoms with van der Waals surface area (Å²) in [5.74, 6) is 0. The Morgan fingerprint density at radius 2 is 1.45 bits per heavy atom. The first-order chi connectivity index (χ1) is 9.09. The van der Waals surface area contributed by atoms with Gasteiger partial charge in [-0.05, 0) is 37.3 Å². The molecule has 1 aromatic carbocycles. The number of nitrogens with zero attached hydrogens (tertiary/aromatic N) is 2. The molecule has 0 saturated carbocycles. The summed E-state index contributed by atoms with van der Waals surface area (Å²) in [7, 11) is 0. The molecule has 1 aromatic heterocycles. The van der Waals surface area contributed by atoms with Crippen LogP contribution in [0.15, 0.2) is 30.3 Å². The van der Waals surface area contributed by atoms with Gasteiger partial charge in [-0.1, -0.05) is 0 Å². The van der Waals surface area contributed by atoms with E-state index in [1.807, 2.05) is 0 Å². The van der Waals surface area contributed by atoms with Gasteiger partial charge in [-0.25, -0.2) is 4.68 Å². The van der Waals surface area contributed by atoms with E-state index in [1.165, 1.54) is 6.92 Å². The number of alkyl halides is 6. The average Bonchev–Trinajstić information content (AvgIpc) is 2.70. The Kier molecular flexibility index (Phi) is 3.27. The van der Waals surface area contributed by atoms with E-state index in [0.29, 0.717) is 0 Å². The van der Waals surface area contributed by atoms with Crippen LogP contribution in [0.25, 0.3) is 5.69 Å². The molecule has 2 aromatic rings. The molecule has 2 nitrogen and oxygen atoms in total. The Morgan fingerprint density at radius 3 is 1.85 bits per heavy atom. The molecule has 0 radical (unpaired) electrons. The van der Waals surface area contributed by atoms with Crippen LogP contribution in [0.4, 0.5) is 26.3 Å². The van der Waals surface area contributed by atoms with Crippen molar-refractivity contribution in [2.24, 2.45) is 0 Å². The Morgan fingerprint density at radius 1 is 0.900 bits per heavy atom. The number of hydrogen-bond acceptors (Lipinski definition) is 1. The number of rotatable bonds is 1. The molecule has 0 spiro atoms. The summed E-state index contributed by atoms with van der Waals surface area (Å²) in [4.78, 5) is 0. The highest BCUT2D eigenvalue weighted by molar-refractivity contribution is 5.37. The highest BCUT2D eigenvalue weighted by atomic mass is 19.4. The first kappa shape index (κ1) is 14.4. The largest absolute Gasteiger partial charge is 0.435 e. The highest BCUT2D eigenvalue weighted by Crippen LogP contribution is 2.31. The predicted molar refractivity (Wildman–Crippen MR) is 58.3 cm³/mol. The van der Waals surface area contributed by atoms with Crippen LogP contribution in [0.2, 0.25) is 0 Å². The lowest BCUT2D eigenvalue weighted by molar-refractivity contribution is -0.141. The maximum Gasteiger partial charge on any atom is 0.435 e. The van der Waals surface area contributed by atoms with E-state index >= 15 is 0 Å². The monoisotopic (exact) mass is 294 g/mol. The molecular weight excluding hydrogens is 286 g/mol. The minimum Gasteiger partial charge on any atom is -0.238 e. The van der Waals surface area contributed by atoms with Gasteiger partial charge < -0.3 is 0 Å². The zero-order valence-electron chi connectivity index (χ0n) is 10.0. The smallest absolute Gasteiger partial charge is 0.238 e. The summed E-state index contributed by atoms with van der Waals surface area (Å²) < 4.78 is 75.6. The van der Waals surface area contributed by atoms with Crippen molar-refractivity contribution in [3.63, 3.8) is 0 Å². The SMILES string of the molecule is Cc1cc(C(F)(F)F)nn1-c1ccc(C(F)(F)F)cc1. The van der Waals surface area contributed by atoms with E-state index in [4.69, 9.17) is 0 Å². The third-order valence-corrected chi connectivity index (χ3v) is 2.62. The minimum absolute atomic E-state index is 0.131. The number of hydrogen-bond donors (Lipinski definition) is 0. The fourth-order valence-corrected chi connectivity index (χ4v) is 1.67. The van der Waals surface area contributed by atoms with Gasteiger partial charge in [0.1, 0.15) is 0 Å². The van der Waals surface area contributed by atoms with Crippen LogP contribution in [0, 0.1) is 6.92 Å². The Balaban J connectivity index is 2.40. The molecule has 0 aliphatic rings. The van der Waals surface area contributed by atoms with Crippen molar-refractivity contribution in [1.29, 1.82) is 0 Å². The highest BCUT2D eigenvalue weighted by Gasteiger charge is 2.34. The maximum absolute atomic E-state index is 12.5. The van der Waals surface area contributed by atoms with Crippen LogP contribution in [0.1, 0.15) is 17.0 Å². The summed E-state index contributed by atoms with van der Waals surface area (Å²) in [6, 6.07) is 4.57. The molecule has 0 saturated heterocycles. The van der Waals surface area contributed by atoms with E-state index < -0.39 is 23.6 Å². The van der Waals surface area contributed by atoms with Crippen LogP contribution in [-0.2, 0) is 12.4 Å². The summed E-state index contributed by atoms with van der Waals surface area (Å²) in [5, 5.41) is 3.35. The summed E-state index contributed by atoms with van der Waals surface area (Å²) in [5.41, 5.74) is -1.65. The van der Waals surface area contributed by atoms with Gasteiger partial charge in [0.2, 0.25) is 0 Å². The molecule has 0 amide bonds. The van der Waals surface area contributed by atoms with Gasteiger partial charge in [0.25, 0.3) is 0 Å². The van der Waals surface area contributed by atoms with Crippen LogP contribution in [-0.4, -0.2) is 9.78 Å². The van der Waals surface area contributed by atoms with E-state index in [-0.39, 0.29) is 11.4 Å². The maximum atomic E-state index is 12.5. The van der Waals surface area contributed by atoms with Gasteiger partial charge in [-0.3, -0.25) is 0 Å². The van der Waals surface area contributed by atoms with Crippen LogP contribution in [0.3, 0.4) is 0 Å². The number of aromatic nitrogens is 2. The van der Waals surface area contributed by atoms with Crippen LogP contribution >= 0.6 is 0 Å². The Labute approximate surface area is 109 Å². The molecule has 0 bridgehead atoms. The van der Waals surface area contributed by atoms with Crippen LogP contribution in [0.5, 0.6) is 0 Å². The Hall–Kier alpha value is -1.99. The van der Waals surface area contributed by atoms with Crippen molar-refractivity contribution in [2.45, 2.75) is 19.3 Å². The van der Waals surface area contributed by atoms with Crippen molar-refractivity contribution in [3.05, 3.63) is 47.3 Å². The average molecular weight is 294 g/mol. The second-order valence-electron chi connectivity index (χ2n) is 4.13. The minimum atomic E-state index is -4.60. The molecule has 0 N–H and O–H groups in total. The Bertz CT molecular complexity index is 606. The summed E-state index contributed by atoms with van der Waals surface area (Å²) in [6.07, 6.45) is -9.09. The van der Waals surface area contributed by atoms with Crippen molar-refractivity contribution in [1.82, 2.24) is 9.78 Å². The molecule has 0 fully saturated rings. The predicted octanol–water partition coefficient (Wildman–Crippen LogP) is 4.22. The molecule has 1 heterocycles. The van der Waals surface area contributed by atoms with Gasteiger partial charge in [0.05, 0.1) is 11.3 Å². The first-order valence-corrected chi connectivity index (χ1v) is 5.40. The number of benzene rings is 1. The third-order valence-electron chi connectivity index (χ3n) is 2.62. The molecule has 108 valence electrons. The molecule has 0 aliphatic carbocycles. The molecule has 0 unspecified atom stereocenters. The van der Waals surface area contributed by atoms with E-state index in [0.717, 1.165) is 35.0 Å². The van der Waals surface area contributed by atoms with Gasteiger partial charge in [-0.2, -0.15) is 31.4 Å². The van der Waals surface area contributed by atoms with E-state index in [1.54, 1.807) is 0 Å². The van der Waals surface area contributed by atoms with Crippen LogP contribution < -0.4 is 0 Å². The van der Waals surface area contributed by atoms with E-state index in [2.05, 4.69) is 5.10 Å². The number of aryl methyl sites for hydroxylation is 1. The second kappa shape index (κ2) is 4.53. The normalized spacial score (nSPS) is 12.8. The topological polar surface area (TPSA) is 17.8 Å². The molecule has 0 atom stereocenters. The lowest BCUT2D eigenvalue weighted by atomic mass is 10.2. The first-order valence-electron chi connectivity index (χ1n) is 5.40. The second-order valence-corrected chi connectivity index (χ2v) is 4.13. The molecule has 0 aliphatic heterocycles. The fraction of sp³-hybridized carbons (Fsp3) is 0.250. The summed E-state index contributed by atoms with van der Waals surface area (Å²) in [6.45, 7) is 1.39. The molecule has 20 heavy (non-hydrogen) atoms. The van der Waals surface area contributed by atoms with Gasteiger partial charge in [0.15, 0.2) is 5.69 Å². The molecular formula is C12H8F6N2. The fourth-order valence-electron chi connectivity index (χ4n) is 1.67. The van der Waals surface area contributed by atoms with Crippen molar-refractivity contribution in [3.8, 4) is 5.69 Å². The zero-order chi connectivity index (χ0) is 15.1. The van der Waals surface area contributed by atoms with Crippen molar-refractivity contribution in [2.75, 3.05) is 0 Å². The molecule has 2 rings (SSSR count). The quantitative estimate of drug-likeness (QED) is 0.720. The van der Waals surface area contributed by atoms with Crippen molar-refractivity contribution >= 4 is 0 Å². The lowest BCUT2D eigenvalue weighted by Gasteiger charge is -2.08. The van der Waals surface area contributed by atoms with Gasteiger partial charge in [-0.15, -0.1) is 0 Å². The standard InChI is InChI=1S/C12H8F6N2/c1-7-6-10(12(16,17)18)19-20(7)9-4-2-8(3-5-9)11(13,14)15/h2-6H,1H3. The zero-order valence-corrected chi connectivity index (χ0v) is 10.0. The molecule has 8 heteroatoms. The number of halogens is 6. The third kappa shape index (κ3) is 2.78. The van der Waals surface area contributed by atoms with Gasteiger partial charge in [0, 0.05) is 5.69 Å². The lowest BCUT2D eigenvalue weighted by Crippen LogP contribution is -2.08. The van der Waals surface area contributed by atoms with Gasteiger partial charge >= 0.3 is 12.4 Å². The van der Waals surface area contributed by atoms with E-state index in [9.17, 15) is 26.3 Å².